The molecular formula is C12H15N5O. The molecule has 4 N–H and O–H groups in total. The van der Waals surface area contributed by atoms with Crippen LogP contribution in [0, 0.1) is 0 Å². The van der Waals surface area contributed by atoms with E-state index in [-0.39, 0.29) is 11.9 Å². The first-order valence-electron chi connectivity index (χ1n) is 5.66. The van der Waals surface area contributed by atoms with E-state index in [4.69, 9.17) is 5.73 Å². The average molecular weight is 245 g/mol. The van der Waals surface area contributed by atoms with Crippen molar-refractivity contribution in [3.63, 3.8) is 0 Å². The van der Waals surface area contributed by atoms with Gasteiger partial charge >= 0.3 is 0 Å². The average Bonchev–Trinajstić information content (AvgIpc) is 2.92. The second-order valence-corrected chi connectivity index (χ2v) is 3.97. The van der Waals surface area contributed by atoms with Crippen LogP contribution in [0.25, 0.3) is 0 Å². The largest absolute Gasteiger partial charge is 0.342 e. The molecule has 0 aliphatic heterocycles. The number of benzene rings is 1. The van der Waals surface area contributed by atoms with E-state index in [1.165, 1.54) is 6.33 Å². The first kappa shape index (κ1) is 12.3. The third-order valence-electron chi connectivity index (χ3n) is 2.62. The number of nitrogens with two attached hydrogens (primary N) is 1. The molecule has 6 nitrogen and oxygen atoms in total. The Morgan fingerprint density at radius 2 is 2.39 bits per heavy atom. The Morgan fingerprint density at radius 3 is 3.06 bits per heavy atom. The highest BCUT2D eigenvalue weighted by atomic mass is 16.1. The number of rotatable bonds is 4. The summed E-state index contributed by atoms with van der Waals surface area (Å²) < 4.78 is 0. The van der Waals surface area contributed by atoms with Crippen LogP contribution in [-0.4, -0.2) is 21.1 Å². The van der Waals surface area contributed by atoms with E-state index in [1.807, 2.05) is 19.1 Å². The molecule has 6 heteroatoms. The molecule has 0 saturated heterocycles. The Hall–Kier alpha value is -2.21. The molecule has 94 valence electrons. The molecule has 0 spiro atoms. The van der Waals surface area contributed by atoms with Crippen molar-refractivity contribution in [1.82, 2.24) is 20.5 Å². The quantitative estimate of drug-likeness (QED) is 0.740. The number of amides is 1. The monoisotopic (exact) mass is 245 g/mol. The van der Waals surface area contributed by atoms with E-state index < -0.39 is 0 Å². The van der Waals surface area contributed by atoms with Crippen molar-refractivity contribution in [2.24, 2.45) is 5.73 Å². The number of hydrogen-bond donors (Lipinski definition) is 3. The van der Waals surface area contributed by atoms with Crippen LogP contribution in [0.1, 0.15) is 34.7 Å². The lowest BCUT2D eigenvalue weighted by Crippen LogP contribution is -2.27. The van der Waals surface area contributed by atoms with Gasteiger partial charge in [-0.05, 0) is 24.6 Å². The summed E-state index contributed by atoms with van der Waals surface area (Å²) in [5.74, 6) is 0.465. The fraction of sp³-hybridized carbons (Fsp3) is 0.250. The molecular weight excluding hydrogens is 230 g/mol. The summed E-state index contributed by atoms with van der Waals surface area (Å²) in [6.07, 6.45) is 1.41. The molecule has 18 heavy (non-hydrogen) atoms. The highest BCUT2D eigenvalue weighted by Crippen LogP contribution is 2.08. The standard InChI is InChI=1S/C12H15N5O/c1-8(11-14-7-15-17-11)16-12(18)10-4-2-3-9(5-10)6-13/h2-5,7-8H,6,13H2,1H3,(H,16,18)(H,14,15,17). The number of carbonyl (C=O) groups is 1. The topological polar surface area (TPSA) is 96.7 Å². The van der Waals surface area contributed by atoms with E-state index in [0.717, 1.165) is 5.56 Å². The number of hydrogen-bond acceptors (Lipinski definition) is 4. The minimum absolute atomic E-state index is 0.158. The second kappa shape index (κ2) is 5.42. The Labute approximate surface area is 105 Å². The van der Waals surface area contributed by atoms with Crippen molar-refractivity contribution in [3.05, 3.63) is 47.5 Å². The van der Waals surface area contributed by atoms with E-state index in [1.54, 1.807) is 12.1 Å². The fourth-order valence-corrected chi connectivity index (χ4v) is 1.61. The van der Waals surface area contributed by atoms with Crippen molar-refractivity contribution in [2.45, 2.75) is 19.5 Å². The lowest BCUT2D eigenvalue weighted by Gasteiger charge is -2.11. The van der Waals surface area contributed by atoms with Crippen LogP contribution in [0.5, 0.6) is 0 Å². The van der Waals surface area contributed by atoms with Gasteiger partial charge < -0.3 is 11.1 Å². The molecule has 2 rings (SSSR count). The molecule has 0 aliphatic carbocycles. The molecule has 1 aromatic carbocycles. The number of nitrogens with zero attached hydrogens (tertiary/aromatic N) is 2. The summed E-state index contributed by atoms with van der Waals surface area (Å²) in [6.45, 7) is 2.25. The maximum atomic E-state index is 12.0. The van der Waals surface area contributed by atoms with E-state index in [9.17, 15) is 4.79 Å². The molecule has 0 aliphatic rings. The molecule has 1 unspecified atom stereocenters. The number of carbonyl (C=O) groups excluding carboxylic acids is 1. The Balaban J connectivity index is 2.07. The van der Waals surface area contributed by atoms with Gasteiger partial charge in [-0.3, -0.25) is 9.89 Å². The minimum Gasteiger partial charge on any atom is -0.342 e. The normalized spacial score (nSPS) is 12.1. The van der Waals surface area contributed by atoms with Gasteiger partial charge in [0.05, 0.1) is 6.04 Å². The van der Waals surface area contributed by atoms with Crippen LogP contribution in [0.2, 0.25) is 0 Å². The zero-order valence-electron chi connectivity index (χ0n) is 10.1. The Morgan fingerprint density at radius 1 is 1.56 bits per heavy atom. The molecule has 0 bridgehead atoms. The number of aromatic amines is 1. The Bertz CT molecular complexity index is 523. The molecule has 2 aromatic rings. The summed E-state index contributed by atoms with van der Waals surface area (Å²) in [4.78, 5) is 16.0. The Kier molecular flexibility index (Phi) is 3.69. The predicted molar refractivity (Wildman–Crippen MR) is 66.6 cm³/mol. The predicted octanol–water partition coefficient (Wildman–Crippen LogP) is 0.754. The van der Waals surface area contributed by atoms with E-state index in [0.29, 0.717) is 17.9 Å². The van der Waals surface area contributed by atoms with Crippen LogP contribution in [-0.2, 0) is 6.54 Å². The molecule has 0 radical (unpaired) electrons. The van der Waals surface area contributed by atoms with Gasteiger partial charge in [0.1, 0.15) is 12.2 Å². The SMILES string of the molecule is CC(NC(=O)c1cccc(CN)c1)c1ncn[nH]1. The molecule has 1 atom stereocenters. The van der Waals surface area contributed by atoms with Crippen LogP contribution in [0.15, 0.2) is 30.6 Å². The number of H-pyrrole nitrogens is 1. The third-order valence-corrected chi connectivity index (χ3v) is 2.62. The second-order valence-electron chi connectivity index (χ2n) is 3.97. The van der Waals surface area contributed by atoms with Gasteiger partial charge in [0, 0.05) is 12.1 Å². The summed E-state index contributed by atoms with van der Waals surface area (Å²) >= 11 is 0. The minimum atomic E-state index is -0.221. The zero-order chi connectivity index (χ0) is 13.0. The number of aromatic nitrogens is 3. The van der Waals surface area contributed by atoms with Crippen LogP contribution >= 0.6 is 0 Å². The van der Waals surface area contributed by atoms with Gasteiger partial charge in [-0.15, -0.1) is 0 Å². The van der Waals surface area contributed by atoms with Crippen molar-refractivity contribution in [3.8, 4) is 0 Å². The number of nitrogens with one attached hydrogen (secondary N) is 2. The van der Waals surface area contributed by atoms with E-state index in [2.05, 4.69) is 20.5 Å². The first-order chi connectivity index (χ1) is 8.70. The van der Waals surface area contributed by atoms with Gasteiger partial charge in [-0.1, -0.05) is 12.1 Å². The zero-order valence-corrected chi connectivity index (χ0v) is 10.1. The van der Waals surface area contributed by atoms with Crippen LogP contribution in [0.3, 0.4) is 0 Å². The molecule has 1 heterocycles. The van der Waals surface area contributed by atoms with Crippen molar-refractivity contribution in [2.75, 3.05) is 0 Å². The van der Waals surface area contributed by atoms with Crippen LogP contribution < -0.4 is 11.1 Å². The lowest BCUT2D eigenvalue weighted by atomic mass is 10.1. The van der Waals surface area contributed by atoms with Gasteiger partial charge in [-0.25, -0.2) is 4.98 Å². The summed E-state index contributed by atoms with van der Waals surface area (Å²) in [6, 6.07) is 7.01. The maximum absolute atomic E-state index is 12.0. The van der Waals surface area contributed by atoms with Gasteiger partial charge in [0.15, 0.2) is 0 Å². The van der Waals surface area contributed by atoms with Crippen molar-refractivity contribution >= 4 is 5.91 Å². The fourth-order valence-electron chi connectivity index (χ4n) is 1.61. The van der Waals surface area contributed by atoms with E-state index >= 15 is 0 Å². The van der Waals surface area contributed by atoms with Gasteiger partial charge in [0.2, 0.25) is 0 Å². The summed E-state index contributed by atoms with van der Waals surface area (Å²) in [5.41, 5.74) is 7.06. The molecule has 0 saturated carbocycles. The van der Waals surface area contributed by atoms with Gasteiger partial charge in [0.25, 0.3) is 5.91 Å². The maximum Gasteiger partial charge on any atom is 0.251 e. The van der Waals surface area contributed by atoms with Gasteiger partial charge in [-0.2, -0.15) is 5.10 Å². The first-order valence-corrected chi connectivity index (χ1v) is 5.66. The van der Waals surface area contributed by atoms with Crippen molar-refractivity contribution in [1.29, 1.82) is 0 Å². The molecule has 1 aromatic heterocycles. The lowest BCUT2D eigenvalue weighted by molar-refractivity contribution is 0.0938. The smallest absolute Gasteiger partial charge is 0.251 e. The molecule has 1 amide bonds. The summed E-state index contributed by atoms with van der Waals surface area (Å²) in [5, 5.41) is 9.30. The van der Waals surface area contributed by atoms with Crippen molar-refractivity contribution < 1.29 is 4.79 Å². The summed E-state index contributed by atoms with van der Waals surface area (Å²) in [7, 11) is 0. The highest BCUT2D eigenvalue weighted by Gasteiger charge is 2.13. The van der Waals surface area contributed by atoms with Crippen LogP contribution in [0.4, 0.5) is 0 Å². The third kappa shape index (κ3) is 2.72. The highest BCUT2D eigenvalue weighted by molar-refractivity contribution is 5.94. The molecule has 0 fully saturated rings.